The molecule has 3 heterocycles. The van der Waals surface area contributed by atoms with Crippen LogP contribution in [0.5, 0.6) is 0 Å². The predicted octanol–water partition coefficient (Wildman–Crippen LogP) is 2.33. The van der Waals surface area contributed by atoms with E-state index in [0.29, 0.717) is 22.8 Å². The second-order valence-electron chi connectivity index (χ2n) is 5.39. The summed E-state index contributed by atoms with van der Waals surface area (Å²) >= 11 is 1.55. The predicted molar refractivity (Wildman–Crippen MR) is 93.7 cm³/mol. The molecule has 3 aromatic rings. The number of carbonyl (C=O) groups is 2. The second kappa shape index (κ2) is 5.57. The lowest BCUT2D eigenvalue weighted by molar-refractivity contribution is -0.116. The number of likely N-dealkylation sites (N-methyl/N-ethyl adjacent to an activating group) is 1. The van der Waals surface area contributed by atoms with Crippen LogP contribution in [0.25, 0.3) is 10.2 Å². The summed E-state index contributed by atoms with van der Waals surface area (Å²) < 4.78 is 1.06. The number of amides is 2. The molecular weight excluding hydrogens is 326 g/mol. The van der Waals surface area contributed by atoms with Gasteiger partial charge in [-0.1, -0.05) is 0 Å². The molecule has 0 atom stereocenters. The van der Waals surface area contributed by atoms with E-state index in [1.54, 1.807) is 30.0 Å². The Morgan fingerprint density at radius 1 is 1.33 bits per heavy atom. The third-order valence-corrected chi connectivity index (χ3v) is 4.67. The first-order valence-electron chi connectivity index (χ1n) is 7.27. The molecule has 0 radical (unpaired) electrons. The number of hydrogen-bond acceptors (Lipinski definition) is 6. The summed E-state index contributed by atoms with van der Waals surface area (Å²) in [5.74, 6) is 0.236. The van der Waals surface area contributed by atoms with E-state index in [0.717, 1.165) is 10.2 Å². The van der Waals surface area contributed by atoms with Gasteiger partial charge >= 0.3 is 0 Å². The van der Waals surface area contributed by atoms with Gasteiger partial charge in [0.05, 0.1) is 33.5 Å². The highest BCUT2D eigenvalue weighted by Gasteiger charge is 2.23. The second-order valence-corrected chi connectivity index (χ2v) is 6.27. The quantitative estimate of drug-likeness (QED) is 0.748. The first-order valence-corrected chi connectivity index (χ1v) is 8.15. The minimum Gasteiger partial charge on any atom is -0.359 e. The summed E-state index contributed by atoms with van der Waals surface area (Å²) in [6.45, 7) is 0.204. The molecular formula is C16H13N5O2S. The van der Waals surface area contributed by atoms with Crippen LogP contribution in [0.2, 0.25) is 0 Å². The van der Waals surface area contributed by atoms with Gasteiger partial charge in [-0.3, -0.25) is 9.59 Å². The van der Waals surface area contributed by atoms with Crippen molar-refractivity contribution in [1.82, 2.24) is 9.97 Å². The van der Waals surface area contributed by atoms with Crippen LogP contribution >= 0.6 is 11.3 Å². The van der Waals surface area contributed by atoms with Crippen molar-refractivity contribution in [2.45, 2.75) is 0 Å². The van der Waals surface area contributed by atoms with E-state index in [1.807, 2.05) is 18.2 Å². The lowest BCUT2D eigenvalue weighted by Crippen LogP contribution is -2.37. The number of nitrogens with one attached hydrogen (secondary N) is 2. The first-order chi connectivity index (χ1) is 11.6. The van der Waals surface area contributed by atoms with E-state index in [-0.39, 0.29) is 18.4 Å². The highest BCUT2D eigenvalue weighted by Crippen LogP contribution is 2.27. The normalized spacial score (nSPS) is 13.5. The van der Waals surface area contributed by atoms with E-state index in [1.165, 1.54) is 11.1 Å². The largest absolute Gasteiger partial charge is 0.359 e. The van der Waals surface area contributed by atoms with Crippen LogP contribution < -0.4 is 15.5 Å². The molecule has 2 N–H and O–H groups in total. The summed E-state index contributed by atoms with van der Waals surface area (Å²) in [5, 5.41) is 5.77. The maximum atomic E-state index is 12.5. The molecule has 8 heteroatoms. The molecule has 2 amide bonds. The van der Waals surface area contributed by atoms with Crippen molar-refractivity contribution in [3.05, 3.63) is 41.5 Å². The van der Waals surface area contributed by atoms with Crippen LogP contribution in [-0.2, 0) is 4.79 Å². The van der Waals surface area contributed by atoms with E-state index < -0.39 is 0 Å². The number of carbonyl (C=O) groups excluding carboxylic acids is 2. The highest BCUT2D eigenvalue weighted by molar-refractivity contribution is 7.16. The van der Waals surface area contributed by atoms with Crippen molar-refractivity contribution in [2.75, 3.05) is 29.1 Å². The molecule has 7 nitrogen and oxygen atoms in total. The Morgan fingerprint density at radius 2 is 2.21 bits per heavy atom. The van der Waals surface area contributed by atoms with Gasteiger partial charge in [-0.25, -0.2) is 9.97 Å². The van der Waals surface area contributed by atoms with Gasteiger partial charge in [0.1, 0.15) is 5.82 Å². The van der Waals surface area contributed by atoms with Crippen LogP contribution in [0.4, 0.5) is 17.2 Å². The number of thiazole rings is 1. The summed E-state index contributed by atoms with van der Waals surface area (Å²) in [6.07, 6.45) is 1.49. The number of rotatable bonds is 2. The van der Waals surface area contributed by atoms with Gasteiger partial charge in [-0.2, -0.15) is 0 Å². The zero-order valence-corrected chi connectivity index (χ0v) is 13.6. The van der Waals surface area contributed by atoms with Crippen LogP contribution in [0, 0.1) is 0 Å². The molecule has 0 spiro atoms. The summed E-state index contributed by atoms with van der Waals surface area (Å²) in [5.41, 5.74) is 4.25. The molecule has 0 fully saturated rings. The van der Waals surface area contributed by atoms with Crippen LogP contribution in [-0.4, -0.2) is 35.4 Å². The van der Waals surface area contributed by atoms with Gasteiger partial charge in [0.25, 0.3) is 5.91 Å². The average molecular weight is 339 g/mol. The van der Waals surface area contributed by atoms with Crippen LogP contribution in [0.15, 0.2) is 36.0 Å². The number of hydrogen-bond donors (Lipinski definition) is 2. The summed E-state index contributed by atoms with van der Waals surface area (Å²) in [6, 6.07) is 7.24. The Kier molecular flexibility index (Phi) is 3.39. The lowest BCUT2D eigenvalue weighted by Gasteiger charge is -2.26. The van der Waals surface area contributed by atoms with Gasteiger partial charge < -0.3 is 15.5 Å². The number of fused-ring (bicyclic) bond motifs is 2. The monoisotopic (exact) mass is 339 g/mol. The number of benzene rings is 1. The molecule has 1 aliphatic rings. The number of aromatic nitrogens is 2. The summed E-state index contributed by atoms with van der Waals surface area (Å²) in [4.78, 5) is 34.2. The highest BCUT2D eigenvalue weighted by atomic mass is 32.1. The Bertz CT molecular complexity index is 968. The molecule has 0 unspecified atom stereocenters. The van der Waals surface area contributed by atoms with E-state index >= 15 is 0 Å². The van der Waals surface area contributed by atoms with Gasteiger partial charge in [0.2, 0.25) is 5.91 Å². The summed E-state index contributed by atoms with van der Waals surface area (Å²) in [7, 11) is 1.67. The van der Waals surface area contributed by atoms with Gasteiger partial charge in [0.15, 0.2) is 0 Å². The van der Waals surface area contributed by atoms with Crippen molar-refractivity contribution < 1.29 is 9.59 Å². The topological polar surface area (TPSA) is 87.2 Å². The van der Waals surface area contributed by atoms with Crippen molar-refractivity contribution >= 4 is 50.6 Å². The standard InChI is InChI=1S/C16H13N5O2S/c1-21-12-4-9(6-17-15(12)18-7-14(21)22)16(23)20-10-2-3-13-11(5-10)19-8-24-13/h2-6,8H,7H2,1H3,(H,17,18)(H,20,23). The fourth-order valence-corrected chi connectivity index (χ4v) is 3.18. The van der Waals surface area contributed by atoms with E-state index in [9.17, 15) is 9.59 Å². The van der Waals surface area contributed by atoms with Crippen LogP contribution in [0.1, 0.15) is 10.4 Å². The fraction of sp³-hybridized carbons (Fsp3) is 0.125. The zero-order valence-electron chi connectivity index (χ0n) is 12.7. The number of nitrogens with zero attached hydrogens (tertiary/aromatic N) is 3. The van der Waals surface area contributed by atoms with Crippen molar-refractivity contribution in [3.8, 4) is 0 Å². The number of pyridine rings is 1. The first kappa shape index (κ1) is 14.6. The molecule has 24 heavy (non-hydrogen) atoms. The molecule has 120 valence electrons. The maximum Gasteiger partial charge on any atom is 0.257 e. The lowest BCUT2D eigenvalue weighted by atomic mass is 10.2. The molecule has 1 aromatic carbocycles. The average Bonchev–Trinajstić information content (AvgIpc) is 3.05. The molecule has 2 aromatic heterocycles. The minimum absolute atomic E-state index is 0.0733. The van der Waals surface area contributed by atoms with E-state index in [4.69, 9.17) is 0 Å². The molecule has 1 aliphatic heterocycles. The van der Waals surface area contributed by atoms with E-state index in [2.05, 4.69) is 20.6 Å². The van der Waals surface area contributed by atoms with Crippen molar-refractivity contribution in [1.29, 1.82) is 0 Å². The fourth-order valence-electron chi connectivity index (χ4n) is 2.52. The number of anilines is 3. The van der Waals surface area contributed by atoms with Crippen LogP contribution in [0.3, 0.4) is 0 Å². The van der Waals surface area contributed by atoms with Crippen molar-refractivity contribution in [2.24, 2.45) is 0 Å². The van der Waals surface area contributed by atoms with Gasteiger partial charge in [-0.05, 0) is 24.3 Å². The molecule has 0 saturated carbocycles. The van der Waals surface area contributed by atoms with Gasteiger partial charge in [-0.15, -0.1) is 11.3 Å². The molecule has 0 bridgehead atoms. The van der Waals surface area contributed by atoms with Gasteiger partial charge in [0, 0.05) is 18.9 Å². The SMILES string of the molecule is CN1C(=O)CNc2ncc(C(=O)Nc3ccc4scnc4c3)cc21. The Labute approximate surface area is 141 Å². The zero-order chi connectivity index (χ0) is 16.7. The third kappa shape index (κ3) is 2.46. The Hall–Kier alpha value is -3.00. The van der Waals surface area contributed by atoms with Crippen molar-refractivity contribution in [3.63, 3.8) is 0 Å². The third-order valence-electron chi connectivity index (χ3n) is 3.86. The maximum absolute atomic E-state index is 12.5. The Balaban J connectivity index is 1.61. The Morgan fingerprint density at radius 3 is 3.08 bits per heavy atom. The smallest absolute Gasteiger partial charge is 0.257 e. The molecule has 4 rings (SSSR count). The minimum atomic E-state index is -0.286. The molecule has 0 aliphatic carbocycles. The molecule has 0 saturated heterocycles.